The van der Waals surface area contributed by atoms with Crippen molar-refractivity contribution in [1.29, 1.82) is 0 Å². The Balaban J connectivity index is 2.80. The van der Waals surface area contributed by atoms with E-state index in [2.05, 4.69) is 5.32 Å². The Labute approximate surface area is 101 Å². The predicted octanol–water partition coefficient (Wildman–Crippen LogP) is 2.08. The number of halogens is 3. The minimum Gasteiger partial charge on any atom is -0.478 e. The quantitative estimate of drug-likeness (QED) is 0.762. The van der Waals surface area contributed by atoms with Crippen LogP contribution in [0.3, 0.4) is 0 Å². The van der Waals surface area contributed by atoms with E-state index in [1.165, 1.54) is 18.2 Å². The average molecular weight is 266 g/mol. The van der Waals surface area contributed by atoms with Crippen LogP contribution < -0.4 is 5.32 Å². The Hall–Kier alpha value is -1.40. The number of aliphatic hydroxyl groups excluding tert-OH is 1. The first kappa shape index (κ1) is 13.7. The number of alkyl halides is 2. The number of carbonyl (C=O) groups is 1. The van der Waals surface area contributed by atoms with Gasteiger partial charge in [0.2, 0.25) is 0 Å². The van der Waals surface area contributed by atoms with Gasteiger partial charge in [0.1, 0.15) is 6.10 Å². The molecule has 0 radical (unpaired) electrons. The van der Waals surface area contributed by atoms with Crippen LogP contribution >= 0.6 is 11.6 Å². The van der Waals surface area contributed by atoms with Crippen molar-refractivity contribution in [1.82, 2.24) is 0 Å². The molecule has 17 heavy (non-hydrogen) atoms. The number of nitrogens with one attached hydrogen (secondary N) is 1. The zero-order chi connectivity index (χ0) is 13.0. The highest BCUT2D eigenvalue weighted by Crippen LogP contribution is 2.21. The maximum absolute atomic E-state index is 12.0. The molecule has 0 aliphatic heterocycles. The largest absolute Gasteiger partial charge is 0.478 e. The van der Waals surface area contributed by atoms with Gasteiger partial charge in [-0.05, 0) is 18.2 Å². The van der Waals surface area contributed by atoms with Crippen molar-refractivity contribution >= 4 is 23.3 Å². The highest BCUT2D eigenvalue weighted by molar-refractivity contribution is 6.31. The van der Waals surface area contributed by atoms with Gasteiger partial charge >= 0.3 is 5.97 Å². The van der Waals surface area contributed by atoms with Gasteiger partial charge in [0.05, 0.1) is 5.56 Å². The molecule has 0 fully saturated rings. The molecule has 3 N–H and O–H groups in total. The summed E-state index contributed by atoms with van der Waals surface area (Å²) in [4.78, 5) is 10.8. The van der Waals surface area contributed by atoms with E-state index in [4.69, 9.17) is 21.8 Å². The first-order chi connectivity index (χ1) is 7.91. The first-order valence-electron chi connectivity index (χ1n) is 4.64. The number of carboxylic acids is 1. The molecule has 0 saturated heterocycles. The standard InChI is InChI=1S/C10H10ClF2NO3/c11-5-1-2-7(6(3-5)10(16)17)14-4-8(15)9(12)13/h1-3,8-9,14-15H,4H2,(H,16,17). The molecular formula is C10H10ClF2NO3. The summed E-state index contributed by atoms with van der Waals surface area (Å²) in [6.45, 7) is -0.445. The maximum atomic E-state index is 12.0. The Morgan fingerprint density at radius 1 is 1.47 bits per heavy atom. The summed E-state index contributed by atoms with van der Waals surface area (Å²) in [5, 5.41) is 20.4. The Morgan fingerprint density at radius 3 is 2.65 bits per heavy atom. The number of carboxylic acid groups (broad SMARTS) is 1. The molecule has 0 aliphatic carbocycles. The van der Waals surface area contributed by atoms with E-state index in [-0.39, 0.29) is 16.3 Å². The van der Waals surface area contributed by atoms with Crippen LogP contribution in [0.4, 0.5) is 14.5 Å². The summed E-state index contributed by atoms with van der Waals surface area (Å²) in [7, 11) is 0. The molecule has 0 heterocycles. The molecule has 0 aliphatic rings. The van der Waals surface area contributed by atoms with Gasteiger partial charge in [-0.3, -0.25) is 0 Å². The zero-order valence-corrected chi connectivity index (χ0v) is 9.29. The molecule has 0 amide bonds. The fourth-order valence-electron chi connectivity index (χ4n) is 1.15. The van der Waals surface area contributed by atoms with Crippen molar-refractivity contribution in [2.75, 3.05) is 11.9 Å². The highest BCUT2D eigenvalue weighted by Gasteiger charge is 2.17. The molecule has 0 spiro atoms. The lowest BCUT2D eigenvalue weighted by Gasteiger charge is -2.13. The van der Waals surface area contributed by atoms with Crippen molar-refractivity contribution in [3.63, 3.8) is 0 Å². The summed E-state index contributed by atoms with van der Waals surface area (Å²) in [6, 6.07) is 3.97. The minimum absolute atomic E-state index is 0.126. The van der Waals surface area contributed by atoms with Gasteiger partial charge < -0.3 is 15.5 Å². The van der Waals surface area contributed by atoms with Gasteiger partial charge in [-0.1, -0.05) is 11.6 Å². The fraction of sp³-hybridized carbons (Fsp3) is 0.300. The van der Waals surface area contributed by atoms with Crippen LogP contribution in [0.5, 0.6) is 0 Å². The monoisotopic (exact) mass is 265 g/mol. The second-order valence-electron chi connectivity index (χ2n) is 3.28. The van der Waals surface area contributed by atoms with E-state index >= 15 is 0 Å². The van der Waals surface area contributed by atoms with Gasteiger partial charge in [0, 0.05) is 17.3 Å². The highest BCUT2D eigenvalue weighted by atomic mass is 35.5. The molecule has 1 rings (SSSR count). The number of anilines is 1. The number of rotatable bonds is 5. The first-order valence-corrected chi connectivity index (χ1v) is 5.02. The zero-order valence-electron chi connectivity index (χ0n) is 8.53. The van der Waals surface area contributed by atoms with Crippen LogP contribution in [0.15, 0.2) is 18.2 Å². The lowest BCUT2D eigenvalue weighted by molar-refractivity contribution is 0.00384. The molecule has 0 bridgehead atoms. The molecule has 7 heteroatoms. The van der Waals surface area contributed by atoms with Gasteiger partial charge in [0.15, 0.2) is 0 Å². The van der Waals surface area contributed by atoms with Gasteiger partial charge in [-0.25, -0.2) is 13.6 Å². The molecule has 1 aromatic rings. The van der Waals surface area contributed by atoms with Gasteiger partial charge in [-0.2, -0.15) is 0 Å². The molecule has 1 unspecified atom stereocenters. The van der Waals surface area contributed by atoms with E-state index in [0.717, 1.165) is 0 Å². The Morgan fingerprint density at radius 2 is 2.12 bits per heavy atom. The van der Waals surface area contributed by atoms with Crippen LogP contribution in [-0.4, -0.2) is 35.3 Å². The molecule has 0 saturated carbocycles. The predicted molar refractivity (Wildman–Crippen MR) is 58.9 cm³/mol. The van der Waals surface area contributed by atoms with Crippen LogP contribution in [0.1, 0.15) is 10.4 Å². The number of hydrogen-bond donors (Lipinski definition) is 3. The Kier molecular flexibility index (Phi) is 4.65. The summed E-state index contributed by atoms with van der Waals surface area (Å²) in [6.07, 6.45) is -4.74. The SMILES string of the molecule is O=C(O)c1cc(Cl)ccc1NCC(O)C(F)F. The normalized spacial score (nSPS) is 12.5. The molecule has 4 nitrogen and oxygen atoms in total. The van der Waals surface area contributed by atoms with Crippen LogP contribution in [0.2, 0.25) is 5.02 Å². The number of hydrogen-bond acceptors (Lipinski definition) is 3. The van der Waals surface area contributed by atoms with Crippen molar-refractivity contribution in [3.05, 3.63) is 28.8 Å². The topological polar surface area (TPSA) is 69.6 Å². The van der Waals surface area contributed by atoms with Crippen LogP contribution in [-0.2, 0) is 0 Å². The van der Waals surface area contributed by atoms with Crippen molar-refractivity contribution in [2.24, 2.45) is 0 Å². The summed E-state index contributed by atoms with van der Waals surface area (Å²) < 4.78 is 24.1. The van der Waals surface area contributed by atoms with E-state index < -0.39 is 25.0 Å². The van der Waals surface area contributed by atoms with Gasteiger partial charge in [-0.15, -0.1) is 0 Å². The number of aliphatic hydroxyl groups is 1. The van der Waals surface area contributed by atoms with E-state index in [9.17, 15) is 13.6 Å². The smallest absolute Gasteiger partial charge is 0.337 e. The summed E-state index contributed by atoms with van der Waals surface area (Å²) >= 11 is 5.61. The van der Waals surface area contributed by atoms with Crippen molar-refractivity contribution in [2.45, 2.75) is 12.5 Å². The number of benzene rings is 1. The molecular weight excluding hydrogens is 256 g/mol. The van der Waals surface area contributed by atoms with Crippen LogP contribution in [0.25, 0.3) is 0 Å². The molecule has 1 aromatic carbocycles. The van der Waals surface area contributed by atoms with Crippen LogP contribution in [0, 0.1) is 0 Å². The molecule has 94 valence electrons. The second kappa shape index (κ2) is 5.79. The summed E-state index contributed by atoms with van der Waals surface area (Å²) in [5.41, 5.74) is -0.0134. The Bertz CT molecular complexity index is 415. The summed E-state index contributed by atoms with van der Waals surface area (Å²) in [5.74, 6) is -1.23. The van der Waals surface area contributed by atoms with Gasteiger partial charge in [0.25, 0.3) is 6.43 Å². The lowest BCUT2D eigenvalue weighted by Crippen LogP contribution is -2.27. The fourth-order valence-corrected chi connectivity index (χ4v) is 1.32. The minimum atomic E-state index is -2.89. The van der Waals surface area contributed by atoms with E-state index in [1.807, 2.05) is 0 Å². The maximum Gasteiger partial charge on any atom is 0.337 e. The molecule has 1 atom stereocenters. The lowest BCUT2D eigenvalue weighted by atomic mass is 10.1. The van der Waals surface area contributed by atoms with E-state index in [0.29, 0.717) is 0 Å². The second-order valence-corrected chi connectivity index (χ2v) is 3.71. The average Bonchev–Trinajstić information content (AvgIpc) is 2.26. The third-order valence-corrected chi connectivity index (χ3v) is 2.24. The van der Waals surface area contributed by atoms with E-state index in [1.54, 1.807) is 0 Å². The number of aromatic carboxylic acids is 1. The van der Waals surface area contributed by atoms with Crippen molar-refractivity contribution < 1.29 is 23.8 Å². The third kappa shape index (κ3) is 3.83. The van der Waals surface area contributed by atoms with Crippen molar-refractivity contribution in [3.8, 4) is 0 Å². The molecule has 0 aromatic heterocycles. The third-order valence-electron chi connectivity index (χ3n) is 2.00.